The van der Waals surface area contributed by atoms with Gasteiger partial charge in [-0.3, -0.25) is 4.90 Å². The maximum absolute atomic E-state index is 6.25. The fourth-order valence-electron chi connectivity index (χ4n) is 2.33. The first kappa shape index (κ1) is 14.1. The zero-order chi connectivity index (χ0) is 13.3. The highest BCUT2D eigenvalue weighted by molar-refractivity contribution is 6.35. The van der Waals surface area contributed by atoms with Crippen LogP contribution in [0.1, 0.15) is 26.3 Å². The molecule has 0 amide bonds. The summed E-state index contributed by atoms with van der Waals surface area (Å²) < 4.78 is 0. The van der Waals surface area contributed by atoms with Gasteiger partial charge in [-0.15, -0.1) is 0 Å². The van der Waals surface area contributed by atoms with E-state index in [9.17, 15) is 0 Å². The summed E-state index contributed by atoms with van der Waals surface area (Å²) in [6.45, 7) is 9.49. The first-order valence-corrected chi connectivity index (χ1v) is 7.07. The van der Waals surface area contributed by atoms with Gasteiger partial charge in [0.1, 0.15) is 0 Å². The van der Waals surface area contributed by atoms with Crippen LogP contribution < -0.4 is 5.32 Å². The van der Waals surface area contributed by atoms with Gasteiger partial charge >= 0.3 is 0 Å². The van der Waals surface area contributed by atoms with Crippen molar-refractivity contribution < 1.29 is 0 Å². The van der Waals surface area contributed by atoms with Crippen molar-refractivity contribution in [1.82, 2.24) is 10.2 Å². The molecular weight excluding hydrogens is 267 g/mol. The summed E-state index contributed by atoms with van der Waals surface area (Å²) in [5.41, 5.74) is 1.15. The molecule has 1 fully saturated rings. The molecule has 1 aliphatic heterocycles. The van der Waals surface area contributed by atoms with E-state index in [4.69, 9.17) is 23.2 Å². The summed E-state index contributed by atoms with van der Waals surface area (Å²) in [6.07, 6.45) is 0. The second-order valence-electron chi connectivity index (χ2n) is 5.68. The van der Waals surface area contributed by atoms with Gasteiger partial charge in [0.25, 0.3) is 0 Å². The van der Waals surface area contributed by atoms with Crippen LogP contribution in [0.25, 0.3) is 0 Å². The lowest BCUT2D eigenvalue weighted by molar-refractivity contribution is 0.0627. The molecule has 1 N–H and O–H groups in total. The van der Waals surface area contributed by atoms with Crippen molar-refractivity contribution >= 4 is 23.2 Å². The summed E-state index contributed by atoms with van der Waals surface area (Å²) in [4.78, 5) is 2.45. The topological polar surface area (TPSA) is 15.3 Å². The van der Waals surface area contributed by atoms with Crippen molar-refractivity contribution in [2.45, 2.75) is 38.9 Å². The van der Waals surface area contributed by atoms with Crippen molar-refractivity contribution in [2.24, 2.45) is 0 Å². The quantitative estimate of drug-likeness (QED) is 0.894. The molecule has 1 saturated heterocycles. The second kappa shape index (κ2) is 5.38. The third-order valence-corrected chi connectivity index (χ3v) is 4.35. The van der Waals surface area contributed by atoms with Gasteiger partial charge in [0, 0.05) is 46.8 Å². The van der Waals surface area contributed by atoms with Crippen LogP contribution in [-0.4, -0.2) is 29.6 Å². The van der Waals surface area contributed by atoms with E-state index < -0.39 is 0 Å². The Kier molecular flexibility index (Phi) is 4.22. The second-order valence-corrected chi connectivity index (χ2v) is 6.49. The van der Waals surface area contributed by atoms with Gasteiger partial charge in [0.2, 0.25) is 0 Å². The molecule has 100 valence electrons. The molecule has 0 bridgehead atoms. The predicted octanol–water partition coefficient (Wildman–Crippen LogP) is 3.57. The summed E-state index contributed by atoms with van der Waals surface area (Å²) in [7, 11) is 0. The summed E-state index contributed by atoms with van der Waals surface area (Å²) >= 11 is 12.5. The van der Waals surface area contributed by atoms with Crippen molar-refractivity contribution in [3.05, 3.63) is 33.8 Å². The monoisotopic (exact) mass is 286 g/mol. The van der Waals surface area contributed by atoms with Crippen LogP contribution in [0.5, 0.6) is 0 Å². The molecule has 1 atom stereocenters. The number of rotatable bonds is 2. The maximum atomic E-state index is 6.25. The minimum atomic E-state index is 0.120. The van der Waals surface area contributed by atoms with Crippen LogP contribution in [0.2, 0.25) is 10.0 Å². The number of hydrogen-bond acceptors (Lipinski definition) is 2. The van der Waals surface area contributed by atoms with E-state index >= 15 is 0 Å². The number of nitrogens with zero attached hydrogens (tertiary/aromatic N) is 1. The van der Waals surface area contributed by atoms with Crippen molar-refractivity contribution in [3.8, 4) is 0 Å². The largest absolute Gasteiger partial charge is 0.311 e. The van der Waals surface area contributed by atoms with Gasteiger partial charge in [-0.25, -0.2) is 0 Å². The molecule has 1 aromatic rings. The van der Waals surface area contributed by atoms with E-state index in [1.165, 1.54) is 0 Å². The van der Waals surface area contributed by atoms with E-state index in [-0.39, 0.29) is 5.54 Å². The third kappa shape index (κ3) is 3.00. The average molecular weight is 287 g/mol. The first-order chi connectivity index (χ1) is 8.40. The summed E-state index contributed by atoms with van der Waals surface area (Å²) in [5, 5.41) is 5.02. The molecule has 1 aliphatic rings. The van der Waals surface area contributed by atoms with E-state index in [0.29, 0.717) is 6.04 Å². The van der Waals surface area contributed by atoms with Gasteiger partial charge in [-0.05, 0) is 32.9 Å². The lowest BCUT2D eigenvalue weighted by atomic mass is 9.97. The Balaban J connectivity index is 2.21. The number of benzene rings is 1. The predicted molar refractivity (Wildman–Crippen MR) is 78.4 cm³/mol. The highest BCUT2D eigenvalue weighted by Crippen LogP contribution is 2.29. The van der Waals surface area contributed by atoms with Gasteiger partial charge in [0.05, 0.1) is 0 Å². The Hall–Kier alpha value is -0.280. The molecule has 0 saturated carbocycles. The van der Waals surface area contributed by atoms with E-state index in [1.807, 2.05) is 18.2 Å². The Morgan fingerprint density at radius 3 is 2.56 bits per heavy atom. The number of hydrogen-bond donors (Lipinski definition) is 1. The van der Waals surface area contributed by atoms with Gasteiger partial charge < -0.3 is 5.32 Å². The smallest absolute Gasteiger partial charge is 0.0465 e. The van der Waals surface area contributed by atoms with E-state index in [2.05, 4.69) is 31.0 Å². The average Bonchev–Trinajstić information content (AvgIpc) is 2.28. The Morgan fingerprint density at radius 2 is 1.94 bits per heavy atom. The molecule has 2 nitrogen and oxygen atoms in total. The van der Waals surface area contributed by atoms with E-state index in [0.717, 1.165) is 35.2 Å². The minimum absolute atomic E-state index is 0.120. The minimum Gasteiger partial charge on any atom is -0.311 e. The van der Waals surface area contributed by atoms with Gasteiger partial charge in [-0.2, -0.15) is 0 Å². The molecule has 1 heterocycles. The fourth-order valence-corrected chi connectivity index (χ4v) is 2.85. The van der Waals surface area contributed by atoms with Crippen molar-refractivity contribution in [3.63, 3.8) is 0 Å². The molecule has 2 rings (SSSR count). The summed E-state index contributed by atoms with van der Waals surface area (Å²) in [6, 6.07) is 6.20. The molecule has 0 spiro atoms. The number of piperazine rings is 1. The van der Waals surface area contributed by atoms with Crippen LogP contribution in [0.4, 0.5) is 0 Å². The lowest BCUT2D eigenvalue weighted by Crippen LogP contribution is -2.60. The third-order valence-electron chi connectivity index (χ3n) is 3.64. The molecule has 0 aliphatic carbocycles. The SMILES string of the molecule is CC1CN(Cc2c(Cl)cccc2Cl)C(C)(C)CN1. The molecule has 4 heteroatoms. The van der Waals surface area contributed by atoms with Crippen molar-refractivity contribution in [1.29, 1.82) is 0 Å². The van der Waals surface area contributed by atoms with E-state index in [1.54, 1.807) is 0 Å². The molecule has 1 aromatic carbocycles. The normalized spacial score (nSPS) is 24.2. The molecule has 18 heavy (non-hydrogen) atoms. The maximum Gasteiger partial charge on any atom is 0.0465 e. The zero-order valence-electron chi connectivity index (χ0n) is 11.1. The Bertz CT molecular complexity index is 412. The molecule has 1 unspecified atom stereocenters. The van der Waals surface area contributed by atoms with Crippen LogP contribution in [0.15, 0.2) is 18.2 Å². The van der Waals surface area contributed by atoms with Gasteiger partial charge in [0.15, 0.2) is 0 Å². The Labute approximate surface area is 119 Å². The summed E-state index contributed by atoms with van der Waals surface area (Å²) in [5.74, 6) is 0. The van der Waals surface area contributed by atoms with Gasteiger partial charge in [-0.1, -0.05) is 29.3 Å². The van der Waals surface area contributed by atoms with Crippen LogP contribution >= 0.6 is 23.2 Å². The Morgan fingerprint density at radius 1 is 1.33 bits per heavy atom. The fraction of sp³-hybridized carbons (Fsp3) is 0.571. The molecule has 0 aromatic heterocycles. The molecular formula is C14H20Cl2N2. The molecule has 0 radical (unpaired) electrons. The standard InChI is InChI=1S/C14H20Cl2N2/c1-10-7-18(14(2,3)9-17-10)8-11-12(15)5-4-6-13(11)16/h4-6,10,17H,7-9H2,1-3H3. The van der Waals surface area contributed by atoms with Crippen LogP contribution in [0, 0.1) is 0 Å². The highest BCUT2D eigenvalue weighted by atomic mass is 35.5. The van der Waals surface area contributed by atoms with Crippen molar-refractivity contribution in [2.75, 3.05) is 13.1 Å². The van der Waals surface area contributed by atoms with Crippen LogP contribution in [-0.2, 0) is 6.54 Å². The van der Waals surface area contributed by atoms with Crippen LogP contribution in [0.3, 0.4) is 0 Å². The lowest BCUT2D eigenvalue weighted by Gasteiger charge is -2.45. The number of halogens is 2. The number of nitrogens with one attached hydrogen (secondary N) is 1. The first-order valence-electron chi connectivity index (χ1n) is 6.31. The highest BCUT2D eigenvalue weighted by Gasteiger charge is 2.32. The zero-order valence-corrected chi connectivity index (χ0v) is 12.6.